The minimum Gasteiger partial charge on any atom is -0.445 e. The summed E-state index contributed by atoms with van der Waals surface area (Å²) in [6, 6.07) is 17.5. The topological polar surface area (TPSA) is 71.6 Å². The van der Waals surface area contributed by atoms with Crippen LogP contribution in [0.25, 0.3) is 0 Å². The highest BCUT2D eigenvalue weighted by atomic mass is 16.7. The van der Waals surface area contributed by atoms with Gasteiger partial charge in [0.15, 0.2) is 0 Å². The van der Waals surface area contributed by atoms with E-state index < -0.39 is 6.09 Å². The molecule has 1 aliphatic heterocycles. The van der Waals surface area contributed by atoms with Crippen LogP contribution in [0.2, 0.25) is 0 Å². The monoisotopic (exact) mass is 327 g/mol. The second-order valence-corrected chi connectivity index (χ2v) is 5.63. The van der Waals surface area contributed by atoms with Crippen molar-refractivity contribution in [2.24, 2.45) is 0 Å². The minimum absolute atomic E-state index is 0.0159. The standard InChI is InChI=1S/C18H21N3O3/c1-13-20-17(21-24-13)16-9-7-14(8-10-16)11-19-18(22)23-12-15-5-3-2-4-6-15/h2-10,13,17,20-21H,11-12H2,1H3,(H,19,22). The molecular formula is C18H21N3O3. The second-order valence-electron chi connectivity index (χ2n) is 5.63. The van der Waals surface area contributed by atoms with Crippen molar-refractivity contribution in [1.29, 1.82) is 0 Å². The van der Waals surface area contributed by atoms with E-state index in [0.29, 0.717) is 6.54 Å². The van der Waals surface area contributed by atoms with E-state index in [9.17, 15) is 4.79 Å². The molecule has 6 heteroatoms. The number of nitrogens with one attached hydrogen (secondary N) is 3. The Labute approximate surface area is 141 Å². The van der Waals surface area contributed by atoms with E-state index in [1.54, 1.807) is 0 Å². The molecule has 2 aromatic rings. The molecule has 0 radical (unpaired) electrons. The third-order valence-corrected chi connectivity index (χ3v) is 3.73. The molecule has 1 amide bonds. The first kappa shape index (κ1) is 16.4. The molecule has 126 valence electrons. The summed E-state index contributed by atoms with van der Waals surface area (Å²) < 4.78 is 5.18. The van der Waals surface area contributed by atoms with Gasteiger partial charge < -0.3 is 10.1 Å². The van der Waals surface area contributed by atoms with Crippen molar-refractivity contribution in [1.82, 2.24) is 16.1 Å². The number of ether oxygens (including phenoxy) is 1. The quantitative estimate of drug-likeness (QED) is 0.787. The summed E-state index contributed by atoms with van der Waals surface area (Å²) in [7, 11) is 0. The first-order chi connectivity index (χ1) is 11.7. The molecule has 2 unspecified atom stereocenters. The van der Waals surface area contributed by atoms with Gasteiger partial charge in [-0.05, 0) is 23.6 Å². The van der Waals surface area contributed by atoms with Crippen LogP contribution in [0.5, 0.6) is 0 Å². The molecule has 2 atom stereocenters. The zero-order chi connectivity index (χ0) is 16.8. The molecule has 0 aliphatic carbocycles. The van der Waals surface area contributed by atoms with E-state index >= 15 is 0 Å². The van der Waals surface area contributed by atoms with Crippen LogP contribution < -0.4 is 16.1 Å². The van der Waals surface area contributed by atoms with Crippen molar-refractivity contribution in [2.45, 2.75) is 32.5 Å². The van der Waals surface area contributed by atoms with Crippen molar-refractivity contribution in [3.05, 3.63) is 71.3 Å². The zero-order valence-electron chi connectivity index (χ0n) is 13.5. The van der Waals surface area contributed by atoms with Crippen LogP contribution in [-0.4, -0.2) is 12.3 Å². The predicted octanol–water partition coefficient (Wildman–Crippen LogP) is 2.58. The normalized spacial score (nSPS) is 19.9. The van der Waals surface area contributed by atoms with Crippen molar-refractivity contribution >= 4 is 6.09 Å². The average Bonchev–Trinajstić information content (AvgIpc) is 3.06. The van der Waals surface area contributed by atoms with Crippen molar-refractivity contribution in [2.75, 3.05) is 0 Å². The first-order valence-electron chi connectivity index (χ1n) is 7.91. The third kappa shape index (κ3) is 4.55. The highest BCUT2D eigenvalue weighted by molar-refractivity contribution is 5.67. The Morgan fingerprint density at radius 1 is 1.12 bits per heavy atom. The van der Waals surface area contributed by atoms with E-state index in [4.69, 9.17) is 9.57 Å². The van der Waals surface area contributed by atoms with Crippen molar-refractivity contribution < 1.29 is 14.4 Å². The fourth-order valence-electron chi connectivity index (χ4n) is 2.41. The summed E-state index contributed by atoms with van der Waals surface area (Å²) in [6.45, 7) is 2.63. The highest BCUT2D eigenvalue weighted by Gasteiger charge is 2.21. The molecule has 1 saturated heterocycles. The molecular weight excluding hydrogens is 306 g/mol. The Morgan fingerprint density at radius 3 is 2.54 bits per heavy atom. The molecule has 0 aromatic heterocycles. The highest BCUT2D eigenvalue weighted by Crippen LogP contribution is 2.16. The maximum absolute atomic E-state index is 11.7. The molecule has 6 nitrogen and oxygen atoms in total. The van der Waals surface area contributed by atoms with E-state index in [2.05, 4.69) is 16.1 Å². The van der Waals surface area contributed by atoms with Crippen LogP contribution in [0.15, 0.2) is 54.6 Å². The summed E-state index contributed by atoms with van der Waals surface area (Å²) in [5.41, 5.74) is 5.97. The molecule has 24 heavy (non-hydrogen) atoms. The van der Waals surface area contributed by atoms with Gasteiger partial charge in [0, 0.05) is 6.54 Å². The van der Waals surface area contributed by atoms with Crippen LogP contribution in [0.1, 0.15) is 29.8 Å². The summed E-state index contributed by atoms with van der Waals surface area (Å²) in [5.74, 6) is 0. The number of carbonyl (C=O) groups excluding carboxylic acids is 1. The summed E-state index contributed by atoms with van der Waals surface area (Å²) in [4.78, 5) is 17.0. The zero-order valence-corrected chi connectivity index (χ0v) is 13.5. The number of rotatable bonds is 5. The maximum atomic E-state index is 11.7. The fraction of sp³-hybridized carbons (Fsp3) is 0.278. The van der Waals surface area contributed by atoms with Crippen molar-refractivity contribution in [3.63, 3.8) is 0 Å². The van der Waals surface area contributed by atoms with E-state index in [1.165, 1.54) is 0 Å². The van der Waals surface area contributed by atoms with E-state index in [1.807, 2.05) is 61.5 Å². The lowest BCUT2D eigenvalue weighted by molar-refractivity contribution is 0.0329. The van der Waals surface area contributed by atoms with E-state index in [-0.39, 0.29) is 19.0 Å². The number of hydrogen-bond donors (Lipinski definition) is 3. The molecule has 0 saturated carbocycles. The van der Waals surface area contributed by atoms with Gasteiger partial charge in [-0.2, -0.15) is 5.48 Å². The Morgan fingerprint density at radius 2 is 1.88 bits per heavy atom. The number of alkyl carbamates (subject to hydrolysis) is 1. The van der Waals surface area contributed by atoms with Crippen LogP contribution in [0.3, 0.4) is 0 Å². The fourth-order valence-corrected chi connectivity index (χ4v) is 2.41. The molecule has 1 aliphatic rings. The molecule has 3 N–H and O–H groups in total. The smallest absolute Gasteiger partial charge is 0.407 e. The lowest BCUT2D eigenvalue weighted by Crippen LogP contribution is -2.24. The lowest BCUT2D eigenvalue weighted by atomic mass is 10.1. The number of benzene rings is 2. The Balaban J connectivity index is 1.43. The Kier molecular flexibility index (Phi) is 5.43. The maximum Gasteiger partial charge on any atom is 0.407 e. The van der Waals surface area contributed by atoms with Gasteiger partial charge in [0.2, 0.25) is 0 Å². The van der Waals surface area contributed by atoms with Crippen LogP contribution in [0, 0.1) is 0 Å². The number of hydroxylamine groups is 1. The van der Waals surface area contributed by atoms with Crippen LogP contribution >= 0.6 is 0 Å². The van der Waals surface area contributed by atoms with Crippen LogP contribution in [0.4, 0.5) is 4.79 Å². The summed E-state index contributed by atoms with van der Waals surface area (Å²) >= 11 is 0. The summed E-state index contributed by atoms with van der Waals surface area (Å²) in [5, 5.41) is 6.00. The summed E-state index contributed by atoms with van der Waals surface area (Å²) in [6.07, 6.45) is -0.460. The first-order valence-corrected chi connectivity index (χ1v) is 7.91. The Bertz CT molecular complexity index is 661. The average molecular weight is 327 g/mol. The molecule has 0 bridgehead atoms. The van der Waals surface area contributed by atoms with Crippen LogP contribution in [-0.2, 0) is 22.7 Å². The molecule has 1 heterocycles. The molecule has 3 rings (SSSR count). The lowest BCUT2D eigenvalue weighted by Gasteiger charge is -2.11. The molecule has 2 aromatic carbocycles. The van der Waals surface area contributed by atoms with Gasteiger partial charge in [-0.25, -0.2) is 4.79 Å². The third-order valence-electron chi connectivity index (χ3n) is 3.73. The van der Waals surface area contributed by atoms with Gasteiger partial charge in [-0.3, -0.25) is 10.2 Å². The van der Waals surface area contributed by atoms with Gasteiger partial charge in [-0.1, -0.05) is 54.6 Å². The molecule has 1 fully saturated rings. The van der Waals surface area contributed by atoms with Gasteiger partial charge >= 0.3 is 6.09 Å². The van der Waals surface area contributed by atoms with Gasteiger partial charge in [0.25, 0.3) is 0 Å². The minimum atomic E-state index is -0.427. The second kappa shape index (κ2) is 7.92. The SMILES string of the molecule is CC1NC(c2ccc(CNC(=O)OCc3ccccc3)cc2)NO1. The van der Waals surface area contributed by atoms with Gasteiger partial charge in [0.05, 0.1) is 0 Å². The van der Waals surface area contributed by atoms with Gasteiger partial charge in [0.1, 0.15) is 19.0 Å². The van der Waals surface area contributed by atoms with Crippen molar-refractivity contribution in [3.8, 4) is 0 Å². The number of carbonyl (C=O) groups is 1. The Hall–Kier alpha value is -2.41. The predicted molar refractivity (Wildman–Crippen MR) is 89.5 cm³/mol. The largest absolute Gasteiger partial charge is 0.445 e. The van der Waals surface area contributed by atoms with E-state index in [0.717, 1.165) is 16.7 Å². The number of hydrogen-bond acceptors (Lipinski definition) is 5. The molecule has 0 spiro atoms. The van der Waals surface area contributed by atoms with Gasteiger partial charge in [-0.15, -0.1) is 0 Å². The number of amides is 1.